The predicted octanol–water partition coefficient (Wildman–Crippen LogP) is 3.83. The van der Waals surface area contributed by atoms with Gasteiger partial charge in [-0.2, -0.15) is 0 Å². The number of halogens is 1. The van der Waals surface area contributed by atoms with E-state index < -0.39 is 11.9 Å². The van der Waals surface area contributed by atoms with E-state index in [9.17, 15) is 14.0 Å². The Morgan fingerprint density at radius 3 is 2.53 bits per heavy atom. The van der Waals surface area contributed by atoms with Crippen LogP contribution in [0.3, 0.4) is 0 Å². The summed E-state index contributed by atoms with van der Waals surface area (Å²) in [6.07, 6.45) is 0.0984. The maximum absolute atomic E-state index is 14.8. The summed E-state index contributed by atoms with van der Waals surface area (Å²) in [5, 5.41) is 2.69. The zero-order chi connectivity index (χ0) is 21.9. The summed E-state index contributed by atoms with van der Waals surface area (Å²) >= 11 is 0. The molecule has 0 spiro atoms. The third-order valence-corrected chi connectivity index (χ3v) is 4.92. The molecule has 2 aromatic rings. The second-order valence-electron chi connectivity index (χ2n) is 8.72. The number of anilines is 1. The van der Waals surface area contributed by atoms with Crippen LogP contribution in [0.1, 0.15) is 32.8 Å². The Kier molecular flexibility index (Phi) is 6.41. The van der Waals surface area contributed by atoms with Gasteiger partial charge in [0.15, 0.2) is 0 Å². The van der Waals surface area contributed by atoms with E-state index in [2.05, 4.69) is 26.1 Å². The van der Waals surface area contributed by atoms with Crippen molar-refractivity contribution in [2.24, 2.45) is 11.1 Å². The highest BCUT2D eigenvalue weighted by Crippen LogP contribution is 2.32. The highest BCUT2D eigenvalue weighted by molar-refractivity contribution is 5.90. The maximum Gasteiger partial charge on any atom is 0.414 e. The number of nitrogens with zero attached hydrogens (tertiary/aromatic N) is 1. The molecule has 1 saturated heterocycles. The molecule has 1 aliphatic heterocycles. The van der Waals surface area contributed by atoms with Crippen LogP contribution in [0, 0.1) is 11.2 Å². The van der Waals surface area contributed by atoms with Gasteiger partial charge >= 0.3 is 6.09 Å². The Morgan fingerprint density at radius 1 is 1.23 bits per heavy atom. The van der Waals surface area contributed by atoms with Crippen molar-refractivity contribution in [3.63, 3.8) is 0 Å². The first-order valence-electron chi connectivity index (χ1n) is 10.00. The third kappa shape index (κ3) is 5.36. The van der Waals surface area contributed by atoms with Gasteiger partial charge in [-0.15, -0.1) is 0 Å². The first-order chi connectivity index (χ1) is 14.2. The third-order valence-electron chi connectivity index (χ3n) is 4.92. The number of ether oxygens (including phenoxy) is 1. The van der Waals surface area contributed by atoms with Gasteiger partial charge in [0.2, 0.25) is 5.91 Å². The minimum Gasteiger partial charge on any atom is -0.444 e. The molecule has 2 amide bonds. The normalized spacial score (nSPS) is 16.5. The van der Waals surface area contributed by atoms with Crippen LogP contribution in [0.4, 0.5) is 14.9 Å². The van der Waals surface area contributed by atoms with E-state index in [1.54, 1.807) is 24.3 Å². The first-order valence-corrected chi connectivity index (χ1v) is 10.00. The smallest absolute Gasteiger partial charge is 0.414 e. The highest BCUT2D eigenvalue weighted by atomic mass is 19.1. The van der Waals surface area contributed by atoms with E-state index in [0.717, 1.165) is 12.0 Å². The van der Waals surface area contributed by atoms with E-state index in [0.29, 0.717) is 29.9 Å². The van der Waals surface area contributed by atoms with Gasteiger partial charge in [0, 0.05) is 12.1 Å². The number of nitrogens with two attached hydrogens (primary N) is 1. The molecular weight excluding hydrogens is 385 g/mol. The zero-order valence-electron chi connectivity index (χ0n) is 17.6. The fourth-order valence-electron chi connectivity index (χ4n) is 3.50. The second-order valence-corrected chi connectivity index (χ2v) is 8.72. The summed E-state index contributed by atoms with van der Waals surface area (Å²) < 4.78 is 20.3. The largest absolute Gasteiger partial charge is 0.444 e. The van der Waals surface area contributed by atoms with Crippen LogP contribution in [-0.2, 0) is 16.1 Å². The van der Waals surface area contributed by atoms with Gasteiger partial charge in [-0.25, -0.2) is 9.18 Å². The van der Waals surface area contributed by atoms with E-state index in [4.69, 9.17) is 10.5 Å². The quantitative estimate of drug-likeness (QED) is 0.754. The van der Waals surface area contributed by atoms with E-state index in [1.165, 1.54) is 11.0 Å². The molecule has 1 unspecified atom stereocenters. The molecule has 1 fully saturated rings. The number of hydrogen-bond donors (Lipinski definition) is 2. The minimum absolute atomic E-state index is 0.0371. The molecule has 3 rings (SSSR count). The molecular formula is C23H28FN3O3. The molecule has 6 nitrogen and oxygen atoms in total. The fourth-order valence-corrected chi connectivity index (χ4v) is 3.50. The number of carbonyl (C=O) groups is 2. The average molecular weight is 413 g/mol. The summed E-state index contributed by atoms with van der Waals surface area (Å²) in [7, 11) is 0. The zero-order valence-corrected chi connectivity index (χ0v) is 17.6. The molecule has 1 heterocycles. The Bertz CT molecular complexity index is 922. The van der Waals surface area contributed by atoms with Crippen molar-refractivity contribution < 1.29 is 18.7 Å². The van der Waals surface area contributed by atoms with Gasteiger partial charge in [0.05, 0.1) is 18.8 Å². The number of nitrogens with one attached hydrogen (secondary N) is 1. The number of rotatable bonds is 6. The monoisotopic (exact) mass is 413 g/mol. The summed E-state index contributed by atoms with van der Waals surface area (Å²) in [5.74, 6) is -0.644. The van der Waals surface area contributed by atoms with Crippen LogP contribution >= 0.6 is 0 Å². The highest BCUT2D eigenvalue weighted by Gasteiger charge is 2.35. The lowest BCUT2D eigenvalue weighted by molar-refractivity contribution is -0.119. The predicted molar refractivity (Wildman–Crippen MR) is 114 cm³/mol. The van der Waals surface area contributed by atoms with Crippen molar-refractivity contribution in [2.75, 3.05) is 18.0 Å². The van der Waals surface area contributed by atoms with Crippen molar-refractivity contribution in [1.82, 2.24) is 5.32 Å². The fraction of sp³-hybridized carbons (Fsp3) is 0.391. The van der Waals surface area contributed by atoms with Gasteiger partial charge < -0.3 is 15.8 Å². The molecule has 2 aromatic carbocycles. The van der Waals surface area contributed by atoms with Crippen LogP contribution in [-0.4, -0.2) is 31.2 Å². The molecule has 160 valence electrons. The number of hydrogen-bond acceptors (Lipinski definition) is 4. The number of carbonyl (C=O) groups excluding carboxylic acids is 2. The summed E-state index contributed by atoms with van der Waals surface area (Å²) in [4.78, 5) is 25.0. The van der Waals surface area contributed by atoms with Gasteiger partial charge in [-0.1, -0.05) is 45.0 Å². The van der Waals surface area contributed by atoms with Crippen LogP contribution in [0.5, 0.6) is 0 Å². The van der Waals surface area contributed by atoms with Crippen molar-refractivity contribution in [3.8, 4) is 11.1 Å². The van der Waals surface area contributed by atoms with E-state index in [1.807, 2.05) is 12.1 Å². The number of benzene rings is 2. The van der Waals surface area contributed by atoms with Gasteiger partial charge in [-0.3, -0.25) is 9.69 Å². The Hall–Kier alpha value is -2.93. The van der Waals surface area contributed by atoms with E-state index >= 15 is 0 Å². The van der Waals surface area contributed by atoms with Gasteiger partial charge in [0.25, 0.3) is 0 Å². The molecule has 30 heavy (non-hydrogen) atoms. The maximum atomic E-state index is 14.8. The summed E-state index contributed by atoms with van der Waals surface area (Å²) in [5.41, 5.74) is 7.83. The Labute approximate surface area is 176 Å². The first kappa shape index (κ1) is 21.8. The summed E-state index contributed by atoms with van der Waals surface area (Å²) in [6.45, 7) is 7.00. The lowest BCUT2D eigenvalue weighted by Crippen LogP contribution is -2.29. The summed E-state index contributed by atoms with van der Waals surface area (Å²) in [6, 6.07) is 12.0. The van der Waals surface area contributed by atoms with Crippen molar-refractivity contribution >= 4 is 17.7 Å². The van der Waals surface area contributed by atoms with E-state index in [-0.39, 0.29) is 24.0 Å². The molecule has 0 aliphatic carbocycles. The molecule has 0 bridgehead atoms. The average Bonchev–Trinajstić information content (AvgIpc) is 3.04. The lowest BCUT2D eigenvalue weighted by Gasteiger charge is -2.21. The van der Waals surface area contributed by atoms with Crippen LogP contribution in [0.2, 0.25) is 0 Å². The molecule has 7 heteroatoms. The van der Waals surface area contributed by atoms with Crippen molar-refractivity contribution in [2.45, 2.75) is 39.8 Å². The van der Waals surface area contributed by atoms with Crippen LogP contribution in [0.25, 0.3) is 11.1 Å². The Morgan fingerprint density at radius 2 is 1.93 bits per heavy atom. The van der Waals surface area contributed by atoms with Crippen LogP contribution in [0.15, 0.2) is 42.5 Å². The molecule has 0 radical (unpaired) electrons. The molecule has 1 atom stereocenters. The minimum atomic E-state index is -0.444. The van der Waals surface area contributed by atoms with Crippen LogP contribution < -0.4 is 16.0 Å². The molecule has 3 N–H and O–H groups in total. The van der Waals surface area contributed by atoms with Crippen molar-refractivity contribution in [3.05, 3.63) is 53.8 Å². The standard InChI is InChI=1S/C23H28FN3O3/c1-23(2,3)11-18-14-27(22(29)30-18)17-8-9-19(20(24)10-17)16-6-4-15(5-7-16)13-26-21(28)12-25/h4-10,18H,11-14,25H2,1-3H3,(H,26,28). The molecule has 0 saturated carbocycles. The molecule has 1 aliphatic rings. The molecule has 0 aromatic heterocycles. The number of cyclic esters (lactones) is 1. The van der Waals surface area contributed by atoms with Gasteiger partial charge in [0.1, 0.15) is 11.9 Å². The number of amides is 2. The second kappa shape index (κ2) is 8.83. The Balaban J connectivity index is 1.71. The lowest BCUT2D eigenvalue weighted by atomic mass is 9.89. The SMILES string of the molecule is CC(C)(C)CC1CN(c2ccc(-c3ccc(CNC(=O)CN)cc3)c(F)c2)C(=O)O1. The van der Waals surface area contributed by atoms with Crippen molar-refractivity contribution in [1.29, 1.82) is 0 Å². The topological polar surface area (TPSA) is 84.7 Å². The van der Waals surface area contributed by atoms with Gasteiger partial charge in [-0.05, 0) is 41.2 Å².